The summed E-state index contributed by atoms with van der Waals surface area (Å²) >= 11 is 0. The van der Waals surface area contributed by atoms with Gasteiger partial charge >= 0.3 is 7.12 Å². The van der Waals surface area contributed by atoms with Crippen molar-refractivity contribution in [3.05, 3.63) is 12.4 Å². The van der Waals surface area contributed by atoms with Gasteiger partial charge < -0.3 is 14.9 Å². The second kappa shape index (κ2) is 5.47. The molecular weight excluding hydrogens is 205 g/mol. The van der Waals surface area contributed by atoms with E-state index in [2.05, 4.69) is 10.00 Å². The van der Waals surface area contributed by atoms with Crippen LogP contribution in [0.4, 0.5) is 0 Å². The quantitative estimate of drug-likeness (QED) is 0.646. The molecular formula is C10H18BN3O2. The first kappa shape index (κ1) is 11.6. The number of nitrogens with zero attached hydrogens (tertiary/aromatic N) is 3. The molecule has 16 heavy (non-hydrogen) atoms. The average Bonchev–Trinajstić information content (AvgIpc) is 2.76. The summed E-state index contributed by atoms with van der Waals surface area (Å²) in [6.45, 7) is 4.16. The Hall–Kier alpha value is -0.845. The zero-order valence-electron chi connectivity index (χ0n) is 9.42. The van der Waals surface area contributed by atoms with E-state index in [1.165, 1.54) is 38.5 Å². The summed E-state index contributed by atoms with van der Waals surface area (Å²) < 4.78 is 1.77. The van der Waals surface area contributed by atoms with Gasteiger partial charge in [0.15, 0.2) is 0 Å². The molecule has 1 saturated heterocycles. The fraction of sp³-hybridized carbons (Fsp3) is 0.700. The van der Waals surface area contributed by atoms with Crippen LogP contribution in [0.15, 0.2) is 12.4 Å². The molecule has 1 aliphatic heterocycles. The highest BCUT2D eigenvalue weighted by atomic mass is 16.4. The van der Waals surface area contributed by atoms with E-state index in [9.17, 15) is 0 Å². The molecule has 0 atom stereocenters. The Kier molecular flexibility index (Phi) is 3.98. The topological polar surface area (TPSA) is 61.5 Å². The van der Waals surface area contributed by atoms with Gasteiger partial charge in [-0.15, -0.1) is 0 Å². The molecule has 88 valence electrons. The van der Waals surface area contributed by atoms with E-state index in [-0.39, 0.29) is 0 Å². The van der Waals surface area contributed by atoms with Crippen molar-refractivity contribution < 1.29 is 10.0 Å². The van der Waals surface area contributed by atoms with Crippen LogP contribution in [0.25, 0.3) is 0 Å². The smallest absolute Gasteiger partial charge is 0.423 e. The molecule has 0 amide bonds. The molecule has 0 bridgehead atoms. The van der Waals surface area contributed by atoms with E-state index in [1.54, 1.807) is 10.9 Å². The Morgan fingerprint density at radius 3 is 2.56 bits per heavy atom. The van der Waals surface area contributed by atoms with Crippen molar-refractivity contribution >= 4 is 12.6 Å². The van der Waals surface area contributed by atoms with Gasteiger partial charge in [0, 0.05) is 24.4 Å². The summed E-state index contributed by atoms with van der Waals surface area (Å²) in [5.41, 5.74) is 0.457. The number of hydrogen-bond acceptors (Lipinski definition) is 4. The Morgan fingerprint density at radius 2 is 1.94 bits per heavy atom. The summed E-state index contributed by atoms with van der Waals surface area (Å²) in [4.78, 5) is 2.43. The Labute approximate surface area is 95.8 Å². The lowest BCUT2D eigenvalue weighted by Crippen LogP contribution is -2.33. The standard InChI is InChI=1S/C10H18BN3O2/c15-11(16)10-8-12-14(9-10)7-6-13-4-2-1-3-5-13/h8-9,15-16H,1-7H2. The van der Waals surface area contributed by atoms with Gasteiger partial charge in [0.1, 0.15) is 0 Å². The van der Waals surface area contributed by atoms with Crippen LogP contribution < -0.4 is 5.46 Å². The van der Waals surface area contributed by atoms with E-state index in [0.29, 0.717) is 5.46 Å². The Balaban J connectivity index is 1.79. The number of likely N-dealkylation sites (tertiary alicyclic amines) is 1. The van der Waals surface area contributed by atoms with Crippen LogP contribution in [0.1, 0.15) is 19.3 Å². The molecule has 1 fully saturated rings. The molecule has 0 spiro atoms. The number of aromatic nitrogens is 2. The SMILES string of the molecule is OB(O)c1cnn(CCN2CCCCC2)c1. The highest BCUT2D eigenvalue weighted by Crippen LogP contribution is 2.07. The maximum Gasteiger partial charge on any atom is 0.491 e. The summed E-state index contributed by atoms with van der Waals surface area (Å²) in [5.74, 6) is 0. The van der Waals surface area contributed by atoms with Crippen molar-refractivity contribution in [3.63, 3.8) is 0 Å². The fourth-order valence-electron chi connectivity index (χ4n) is 2.06. The second-order valence-electron chi connectivity index (χ2n) is 4.31. The Morgan fingerprint density at radius 1 is 1.19 bits per heavy atom. The van der Waals surface area contributed by atoms with E-state index in [1.807, 2.05) is 0 Å². The molecule has 1 aromatic rings. The third-order valence-corrected chi connectivity index (χ3v) is 3.05. The fourth-order valence-corrected chi connectivity index (χ4v) is 2.06. The predicted molar refractivity (Wildman–Crippen MR) is 62.3 cm³/mol. The molecule has 0 unspecified atom stereocenters. The molecule has 2 N–H and O–H groups in total. The van der Waals surface area contributed by atoms with Gasteiger partial charge in [-0.05, 0) is 25.9 Å². The minimum absolute atomic E-state index is 0.457. The van der Waals surface area contributed by atoms with Gasteiger partial charge in [0.25, 0.3) is 0 Å². The van der Waals surface area contributed by atoms with Gasteiger partial charge in [0.2, 0.25) is 0 Å². The van der Waals surface area contributed by atoms with Crippen molar-refractivity contribution in [2.45, 2.75) is 25.8 Å². The van der Waals surface area contributed by atoms with Gasteiger partial charge in [-0.25, -0.2) is 0 Å². The molecule has 1 aromatic heterocycles. The van der Waals surface area contributed by atoms with E-state index < -0.39 is 7.12 Å². The normalized spacial score (nSPS) is 17.6. The third-order valence-electron chi connectivity index (χ3n) is 3.05. The zero-order chi connectivity index (χ0) is 11.4. The predicted octanol–water partition coefficient (Wildman–Crippen LogP) is -0.951. The lowest BCUT2D eigenvalue weighted by atomic mass is 9.83. The molecule has 6 heteroatoms. The molecule has 1 aliphatic rings. The summed E-state index contributed by atoms with van der Waals surface area (Å²) in [5, 5.41) is 22.0. The lowest BCUT2D eigenvalue weighted by Gasteiger charge is -2.26. The van der Waals surface area contributed by atoms with Gasteiger partial charge in [-0.2, -0.15) is 5.10 Å². The summed E-state index contributed by atoms with van der Waals surface area (Å²) in [7, 11) is -1.41. The Bertz CT molecular complexity index is 324. The molecule has 5 nitrogen and oxygen atoms in total. The third kappa shape index (κ3) is 3.07. The number of hydrogen-bond donors (Lipinski definition) is 2. The van der Waals surface area contributed by atoms with E-state index >= 15 is 0 Å². The monoisotopic (exact) mass is 223 g/mol. The average molecular weight is 223 g/mol. The molecule has 2 heterocycles. The minimum atomic E-state index is -1.41. The van der Waals surface area contributed by atoms with Crippen molar-refractivity contribution in [3.8, 4) is 0 Å². The van der Waals surface area contributed by atoms with Crippen LogP contribution in [-0.4, -0.2) is 51.5 Å². The van der Waals surface area contributed by atoms with Gasteiger partial charge in [-0.1, -0.05) is 6.42 Å². The first-order chi connectivity index (χ1) is 7.75. The molecule has 0 aromatic carbocycles. The molecule has 2 rings (SSSR count). The number of piperidine rings is 1. The van der Waals surface area contributed by atoms with E-state index in [0.717, 1.165) is 13.1 Å². The van der Waals surface area contributed by atoms with Crippen molar-refractivity contribution in [1.29, 1.82) is 0 Å². The van der Waals surface area contributed by atoms with Crippen LogP contribution in [0.3, 0.4) is 0 Å². The first-order valence-electron chi connectivity index (χ1n) is 5.86. The van der Waals surface area contributed by atoms with Crippen molar-refractivity contribution in [2.24, 2.45) is 0 Å². The maximum absolute atomic E-state index is 8.95. The van der Waals surface area contributed by atoms with Crippen molar-refractivity contribution in [1.82, 2.24) is 14.7 Å². The van der Waals surface area contributed by atoms with Crippen LogP contribution in [0.2, 0.25) is 0 Å². The molecule has 0 aliphatic carbocycles. The maximum atomic E-state index is 8.95. The van der Waals surface area contributed by atoms with Crippen LogP contribution in [0, 0.1) is 0 Å². The van der Waals surface area contributed by atoms with Crippen molar-refractivity contribution in [2.75, 3.05) is 19.6 Å². The number of rotatable bonds is 4. The minimum Gasteiger partial charge on any atom is -0.423 e. The zero-order valence-corrected chi connectivity index (χ0v) is 9.42. The highest BCUT2D eigenvalue weighted by molar-refractivity contribution is 6.58. The van der Waals surface area contributed by atoms with E-state index in [4.69, 9.17) is 10.0 Å². The first-order valence-corrected chi connectivity index (χ1v) is 5.86. The van der Waals surface area contributed by atoms with Crippen LogP contribution >= 0.6 is 0 Å². The lowest BCUT2D eigenvalue weighted by molar-refractivity contribution is 0.218. The highest BCUT2D eigenvalue weighted by Gasteiger charge is 2.14. The molecule has 0 radical (unpaired) electrons. The molecule has 0 saturated carbocycles. The second-order valence-corrected chi connectivity index (χ2v) is 4.31. The largest absolute Gasteiger partial charge is 0.491 e. The van der Waals surface area contributed by atoms with Gasteiger partial charge in [-0.3, -0.25) is 4.68 Å². The summed E-state index contributed by atoms with van der Waals surface area (Å²) in [6.07, 6.45) is 7.12. The van der Waals surface area contributed by atoms with Crippen LogP contribution in [-0.2, 0) is 6.54 Å². The summed E-state index contributed by atoms with van der Waals surface area (Å²) in [6, 6.07) is 0. The van der Waals surface area contributed by atoms with Gasteiger partial charge in [0.05, 0.1) is 6.54 Å². The van der Waals surface area contributed by atoms with Crippen LogP contribution in [0.5, 0.6) is 0 Å².